The summed E-state index contributed by atoms with van der Waals surface area (Å²) in [5.41, 5.74) is -1.68. The Hall–Kier alpha value is -3.11. The number of β-amino-alcohol motifs (C(OH)–C–C–N with tert-alkyl or cyclic N) is 1. The Morgan fingerprint density at radius 2 is 1.82 bits per heavy atom. The summed E-state index contributed by atoms with van der Waals surface area (Å²) in [4.78, 5) is 15.1. The molecule has 2 aromatic carbocycles. The zero-order valence-corrected chi connectivity index (χ0v) is 18.7. The second kappa shape index (κ2) is 8.92. The third-order valence-corrected chi connectivity index (χ3v) is 6.12. The van der Waals surface area contributed by atoms with Gasteiger partial charge in [-0.15, -0.1) is 0 Å². The highest BCUT2D eigenvalue weighted by molar-refractivity contribution is 5.90. The molecule has 1 saturated heterocycles. The Kier molecular flexibility index (Phi) is 6.30. The van der Waals surface area contributed by atoms with Crippen molar-refractivity contribution in [3.05, 3.63) is 57.5 Å². The van der Waals surface area contributed by atoms with E-state index in [4.69, 9.17) is 13.9 Å². The summed E-state index contributed by atoms with van der Waals surface area (Å²) in [6.45, 7) is 1.04. The van der Waals surface area contributed by atoms with Gasteiger partial charge in [-0.2, -0.15) is 13.2 Å². The molecule has 0 radical (unpaired) electrons. The summed E-state index contributed by atoms with van der Waals surface area (Å²) in [6.07, 6.45) is -5.20. The van der Waals surface area contributed by atoms with E-state index in [1.165, 1.54) is 20.3 Å². The van der Waals surface area contributed by atoms with Gasteiger partial charge in [-0.05, 0) is 38.2 Å². The van der Waals surface area contributed by atoms with Crippen molar-refractivity contribution >= 4 is 11.0 Å². The number of hydrogen-bond acceptors (Lipinski definition) is 6. The minimum atomic E-state index is -4.92. The number of halogens is 4. The van der Waals surface area contributed by atoms with Crippen LogP contribution in [0.25, 0.3) is 22.3 Å². The number of alkyl halides is 3. The molecule has 3 aromatic rings. The lowest BCUT2D eigenvalue weighted by Crippen LogP contribution is -2.40. The van der Waals surface area contributed by atoms with Crippen molar-refractivity contribution < 1.29 is 36.6 Å². The number of piperidine rings is 1. The summed E-state index contributed by atoms with van der Waals surface area (Å²) < 4.78 is 70.5. The van der Waals surface area contributed by atoms with Gasteiger partial charge in [-0.1, -0.05) is 0 Å². The van der Waals surface area contributed by atoms with E-state index in [2.05, 4.69) is 0 Å². The van der Waals surface area contributed by atoms with Crippen LogP contribution in [0.5, 0.6) is 11.5 Å². The maximum absolute atomic E-state index is 13.8. The average molecular weight is 481 g/mol. The number of ether oxygens (including phenoxy) is 2. The molecule has 182 valence electrons. The first-order valence-corrected chi connectivity index (χ1v) is 10.5. The smallest absolute Gasteiger partial charge is 0.419 e. The van der Waals surface area contributed by atoms with Crippen LogP contribution in [-0.4, -0.2) is 50.5 Å². The maximum atomic E-state index is 13.8. The van der Waals surface area contributed by atoms with Gasteiger partial charge in [0.2, 0.25) is 0 Å². The van der Waals surface area contributed by atoms with Gasteiger partial charge in [0.25, 0.3) is 0 Å². The molecule has 0 aliphatic carbocycles. The Bertz CT molecular complexity index is 1290. The molecule has 1 aliphatic rings. The molecular formula is C24H23F4NO5. The number of fused-ring (bicyclic) bond motifs is 1. The molecule has 0 unspecified atom stereocenters. The van der Waals surface area contributed by atoms with Crippen LogP contribution in [0.4, 0.5) is 17.6 Å². The van der Waals surface area contributed by atoms with Crippen LogP contribution in [-0.2, 0) is 6.18 Å². The summed E-state index contributed by atoms with van der Waals surface area (Å²) in [6, 6.07) is 4.95. The fraction of sp³-hybridized carbons (Fsp3) is 0.375. The molecule has 0 spiro atoms. The van der Waals surface area contributed by atoms with Crippen LogP contribution in [0.15, 0.2) is 39.5 Å². The highest BCUT2D eigenvalue weighted by Gasteiger charge is 2.35. The van der Waals surface area contributed by atoms with E-state index in [-0.39, 0.29) is 28.0 Å². The number of aliphatic hydroxyl groups excluding tert-OH is 1. The minimum Gasteiger partial charge on any atom is -0.496 e. The largest absolute Gasteiger partial charge is 0.496 e. The van der Waals surface area contributed by atoms with Crippen LogP contribution in [0.1, 0.15) is 23.5 Å². The Morgan fingerprint density at radius 3 is 2.44 bits per heavy atom. The number of rotatable bonds is 4. The molecule has 1 N–H and O–H groups in total. The van der Waals surface area contributed by atoms with E-state index < -0.39 is 35.0 Å². The summed E-state index contributed by atoms with van der Waals surface area (Å²) in [5.74, 6) is -1.60. The van der Waals surface area contributed by atoms with Gasteiger partial charge in [0.1, 0.15) is 34.0 Å². The fourth-order valence-electron chi connectivity index (χ4n) is 4.44. The van der Waals surface area contributed by atoms with E-state index in [9.17, 15) is 27.5 Å². The first kappa shape index (κ1) is 24.0. The second-order valence-corrected chi connectivity index (χ2v) is 8.29. The average Bonchev–Trinajstić information content (AvgIpc) is 2.77. The molecule has 10 heteroatoms. The van der Waals surface area contributed by atoms with E-state index in [0.29, 0.717) is 43.0 Å². The molecule has 2 atom stereocenters. The summed E-state index contributed by atoms with van der Waals surface area (Å²) in [7, 11) is 4.65. The lowest BCUT2D eigenvalue weighted by atomic mass is 9.85. The number of likely N-dealkylation sites (tertiary alicyclic amines) is 1. The van der Waals surface area contributed by atoms with Gasteiger partial charge in [0.15, 0.2) is 5.43 Å². The number of benzene rings is 2. The molecular weight excluding hydrogens is 458 g/mol. The predicted octanol–water partition coefficient (Wildman–Crippen LogP) is 4.42. The monoisotopic (exact) mass is 481 g/mol. The van der Waals surface area contributed by atoms with E-state index in [1.54, 1.807) is 0 Å². The third kappa shape index (κ3) is 4.23. The van der Waals surface area contributed by atoms with Crippen molar-refractivity contribution in [3.63, 3.8) is 0 Å². The van der Waals surface area contributed by atoms with Gasteiger partial charge >= 0.3 is 6.18 Å². The maximum Gasteiger partial charge on any atom is 0.419 e. The summed E-state index contributed by atoms with van der Waals surface area (Å²) in [5, 5.41) is 10.9. The number of nitrogens with zero attached hydrogens (tertiary/aromatic N) is 1. The zero-order chi connectivity index (χ0) is 24.8. The van der Waals surface area contributed by atoms with Crippen molar-refractivity contribution in [1.82, 2.24) is 4.90 Å². The third-order valence-electron chi connectivity index (χ3n) is 6.12. The Balaban J connectivity index is 2.01. The quantitative estimate of drug-likeness (QED) is 0.557. The van der Waals surface area contributed by atoms with Crippen LogP contribution in [0, 0.1) is 5.82 Å². The van der Waals surface area contributed by atoms with Gasteiger partial charge < -0.3 is 23.9 Å². The van der Waals surface area contributed by atoms with Crippen LogP contribution in [0.3, 0.4) is 0 Å². The van der Waals surface area contributed by atoms with Crippen molar-refractivity contribution in [2.24, 2.45) is 0 Å². The van der Waals surface area contributed by atoms with Gasteiger partial charge in [-0.25, -0.2) is 4.39 Å². The molecule has 6 nitrogen and oxygen atoms in total. The SMILES string of the molecule is COc1cc(OC)c2c(=O)cc(-c3ccc(F)c(C(F)(F)F)c3)oc2c1[C@H]1CCN(C)C[C@H]1O. The van der Waals surface area contributed by atoms with E-state index >= 15 is 0 Å². The van der Waals surface area contributed by atoms with Crippen molar-refractivity contribution in [1.29, 1.82) is 0 Å². The highest BCUT2D eigenvalue weighted by atomic mass is 19.4. The Labute approximate surface area is 192 Å². The fourth-order valence-corrected chi connectivity index (χ4v) is 4.44. The predicted molar refractivity (Wildman–Crippen MR) is 117 cm³/mol. The molecule has 1 fully saturated rings. The molecule has 1 aliphatic heterocycles. The van der Waals surface area contributed by atoms with Gasteiger partial charge in [-0.3, -0.25) is 4.79 Å². The van der Waals surface area contributed by atoms with Crippen molar-refractivity contribution in [2.75, 3.05) is 34.4 Å². The Morgan fingerprint density at radius 1 is 1.12 bits per heavy atom. The van der Waals surface area contributed by atoms with Crippen LogP contribution < -0.4 is 14.9 Å². The number of hydrogen-bond donors (Lipinski definition) is 1. The molecule has 34 heavy (non-hydrogen) atoms. The van der Waals surface area contributed by atoms with Gasteiger partial charge in [0, 0.05) is 35.7 Å². The van der Waals surface area contributed by atoms with Crippen LogP contribution >= 0.6 is 0 Å². The number of likely N-dealkylation sites (N-methyl/N-ethyl adjacent to an activating group) is 1. The molecule has 0 bridgehead atoms. The van der Waals surface area contributed by atoms with E-state index in [1.807, 2.05) is 11.9 Å². The molecule has 4 rings (SSSR count). The lowest BCUT2D eigenvalue weighted by molar-refractivity contribution is -0.139. The minimum absolute atomic E-state index is 0.0465. The first-order chi connectivity index (χ1) is 16.0. The number of methoxy groups -OCH3 is 2. The zero-order valence-electron chi connectivity index (χ0n) is 18.7. The highest BCUT2D eigenvalue weighted by Crippen LogP contribution is 2.43. The standard InChI is InChI=1S/C24H23F4NO5/c1-29-7-6-13(17(31)11-29)21-19(32-2)10-20(33-3)22-16(30)9-18(34-23(21)22)12-4-5-15(25)14(8-12)24(26,27)28/h4-5,8-10,13,17,31H,6-7,11H2,1-3H3/t13-,17+/m0/s1. The van der Waals surface area contributed by atoms with Crippen LogP contribution in [0.2, 0.25) is 0 Å². The normalized spacial score (nSPS) is 19.4. The number of aliphatic hydroxyl groups is 1. The topological polar surface area (TPSA) is 72.1 Å². The second-order valence-electron chi connectivity index (χ2n) is 8.29. The molecule has 0 amide bonds. The lowest BCUT2D eigenvalue weighted by Gasteiger charge is -2.34. The van der Waals surface area contributed by atoms with Crippen molar-refractivity contribution in [2.45, 2.75) is 24.6 Å². The van der Waals surface area contributed by atoms with E-state index in [0.717, 1.165) is 12.1 Å². The molecule has 0 saturated carbocycles. The van der Waals surface area contributed by atoms with Crippen molar-refractivity contribution in [3.8, 4) is 22.8 Å². The molecule has 2 heterocycles. The molecule has 1 aromatic heterocycles. The first-order valence-electron chi connectivity index (χ1n) is 10.5. The summed E-state index contributed by atoms with van der Waals surface area (Å²) >= 11 is 0. The van der Waals surface area contributed by atoms with Gasteiger partial charge in [0.05, 0.1) is 25.9 Å².